The van der Waals surface area contributed by atoms with Gasteiger partial charge in [0.1, 0.15) is 5.75 Å². The third-order valence-corrected chi connectivity index (χ3v) is 5.35. The Balaban J connectivity index is 1.53. The highest BCUT2D eigenvalue weighted by atomic mass is 16.6. The van der Waals surface area contributed by atoms with Crippen LogP contribution in [0, 0.1) is 10.1 Å². The minimum atomic E-state index is -0.496. The molecule has 0 saturated carbocycles. The molecule has 0 unspecified atom stereocenters. The zero-order chi connectivity index (χ0) is 21.7. The Labute approximate surface area is 176 Å². The maximum Gasteiger partial charge on any atom is 0.322 e. The van der Waals surface area contributed by atoms with Gasteiger partial charge in [-0.1, -0.05) is 38.1 Å². The Morgan fingerprint density at radius 2 is 1.80 bits per heavy atom. The number of carbonyl (C=O) groups is 1. The van der Waals surface area contributed by atoms with Crippen LogP contribution in [0.3, 0.4) is 0 Å². The quantitative estimate of drug-likeness (QED) is 0.571. The number of hydrogen-bond acceptors (Lipinski definition) is 5. The van der Waals surface area contributed by atoms with E-state index in [1.807, 2.05) is 0 Å². The van der Waals surface area contributed by atoms with Crippen molar-refractivity contribution in [1.82, 2.24) is 9.80 Å². The number of nitro groups is 1. The summed E-state index contributed by atoms with van der Waals surface area (Å²) < 4.78 is 5.18. The number of non-ortho nitro benzene ring substituents is 1. The highest BCUT2D eigenvalue weighted by Gasteiger charge is 2.22. The van der Waals surface area contributed by atoms with Gasteiger partial charge in [-0.15, -0.1) is 0 Å². The number of anilines is 1. The predicted octanol–water partition coefficient (Wildman–Crippen LogP) is 4.08. The summed E-state index contributed by atoms with van der Waals surface area (Å²) in [5.74, 6) is 0.788. The molecule has 0 spiro atoms. The van der Waals surface area contributed by atoms with Crippen molar-refractivity contribution in [3.63, 3.8) is 0 Å². The third-order valence-electron chi connectivity index (χ3n) is 5.35. The number of benzene rings is 2. The Morgan fingerprint density at radius 3 is 2.37 bits per heavy atom. The van der Waals surface area contributed by atoms with Crippen LogP contribution < -0.4 is 10.1 Å². The van der Waals surface area contributed by atoms with E-state index in [2.05, 4.69) is 48.3 Å². The molecular formula is C22H28N4O4. The molecule has 0 aromatic heterocycles. The van der Waals surface area contributed by atoms with Crippen molar-refractivity contribution in [3.05, 3.63) is 63.7 Å². The van der Waals surface area contributed by atoms with E-state index in [0.717, 1.165) is 19.6 Å². The van der Waals surface area contributed by atoms with Crippen molar-refractivity contribution in [2.75, 3.05) is 38.6 Å². The molecule has 0 aliphatic carbocycles. The highest BCUT2D eigenvalue weighted by molar-refractivity contribution is 5.91. The fourth-order valence-corrected chi connectivity index (χ4v) is 3.47. The number of hydrogen-bond donors (Lipinski definition) is 1. The van der Waals surface area contributed by atoms with Gasteiger partial charge in [0.15, 0.2) is 0 Å². The van der Waals surface area contributed by atoms with Crippen LogP contribution >= 0.6 is 0 Å². The first-order valence-electron chi connectivity index (χ1n) is 10.1. The van der Waals surface area contributed by atoms with Gasteiger partial charge in [-0.05, 0) is 23.1 Å². The zero-order valence-electron chi connectivity index (χ0n) is 17.6. The number of amides is 2. The molecule has 30 heavy (non-hydrogen) atoms. The molecule has 0 radical (unpaired) electrons. The second-order valence-electron chi connectivity index (χ2n) is 7.73. The number of nitrogens with zero attached hydrogens (tertiary/aromatic N) is 3. The molecule has 1 saturated heterocycles. The fourth-order valence-electron chi connectivity index (χ4n) is 3.47. The van der Waals surface area contributed by atoms with Gasteiger partial charge in [0.2, 0.25) is 0 Å². The summed E-state index contributed by atoms with van der Waals surface area (Å²) in [6.45, 7) is 8.05. The minimum absolute atomic E-state index is 0.0834. The number of nitro benzene ring substituents is 1. The van der Waals surface area contributed by atoms with Gasteiger partial charge in [0.25, 0.3) is 5.69 Å². The van der Waals surface area contributed by atoms with E-state index < -0.39 is 4.92 Å². The van der Waals surface area contributed by atoms with Crippen LogP contribution in [0.25, 0.3) is 0 Å². The highest BCUT2D eigenvalue weighted by Crippen LogP contribution is 2.29. The Hall–Kier alpha value is -3.13. The number of urea groups is 1. The van der Waals surface area contributed by atoms with Crippen molar-refractivity contribution in [1.29, 1.82) is 0 Å². The van der Waals surface area contributed by atoms with Crippen molar-refractivity contribution < 1.29 is 14.5 Å². The first-order chi connectivity index (χ1) is 14.4. The second kappa shape index (κ2) is 9.58. The lowest BCUT2D eigenvalue weighted by atomic mass is 10.0. The second-order valence-corrected chi connectivity index (χ2v) is 7.73. The fraction of sp³-hybridized carbons (Fsp3) is 0.409. The largest absolute Gasteiger partial charge is 0.494 e. The lowest BCUT2D eigenvalue weighted by molar-refractivity contribution is -0.384. The molecule has 2 aromatic rings. The van der Waals surface area contributed by atoms with E-state index >= 15 is 0 Å². The number of methoxy groups -OCH3 is 1. The molecule has 8 nitrogen and oxygen atoms in total. The van der Waals surface area contributed by atoms with Gasteiger partial charge in [-0.3, -0.25) is 15.0 Å². The minimum Gasteiger partial charge on any atom is -0.494 e. The van der Waals surface area contributed by atoms with Crippen molar-refractivity contribution in [3.8, 4) is 5.75 Å². The Bertz CT molecular complexity index is 891. The van der Waals surface area contributed by atoms with Gasteiger partial charge in [-0.2, -0.15) is 0 Å². The number of rotatable bonds is 6. The molecule has 0 atom stereocenters. The molecule has 1 N–H and O–H groups in total. The van der Waals surface area contributed by atoms with Crippen LogP contribution in [0.5, 0.6) is 5.75 Å². The molecule has 2 aromatic carbocycles. The zero-order valence-corrected chi connectivity index (χ0v) is 17.6. The Kier molecular flexibility index (Phi) is 6.89. The van der Waals surface area contributed by atoms with Gasteiger partial charge in [0, 0.05) is 38.8 Å². The standard InChI is InChI=1S/C22H28N4O4/c1-16(2)18-6-4-17(5-7-18)15-24-10-12-25(13-11-24)22(27)23-20-9-8-19(26(28)29)14-21(20)30-3/h4-9,14,16H,10-13,15H2,1-3H3,(H,23,27). The average Bonchev–Trinajstić information content (AvgIpc) is 2.74. The average molecular weight is 412 g/mol. The molecule has 1 aliphatic heterocycles. The van der Waals surface area contributed by atoms with Crippen molar-refractivity contribution >= 4 is 17.4 Å². The molecule has 1 heterocycles. The van der Waals surface area contributed by atoms with E-state index in [1.54, 1.807) is 4.90 Å². The van der Waals surface area contributed by atoms with Gasteiger partial charge >= 0.3 is 6.03 Å². The Morgan fingerprint density at radius 1 is 1.13 bits per heavy atom. The SMILES string of the molecule is COc1cc([N+](=O)[O-])ccc1NC(=O)N1CCN(Cc2ccc(C(C)C)cc2)CC1. The first kappa shape index (κ1) is 21.6. The summed E-state index contributed by atoms with van der Waals surface area (Å²) in [5.41, 5.74) is 2.94. The number of ether oxygens (including phenoxy) is 1. The molecular weight excluding hydrogens is 384 g/mol. The number of piperazine rings is 1. The van der Waals surface area contributed by atoms with E-state index in [1.165, 1.54) is 36.4 Å². The molecule has 1 aliphatic rings. The molecule has 3 rings (SSSR count). The van der Waals surface area contributed by atoms with Crippen LogP contribution in [-0.4, -0.2) is 54.0 Å². The summed E-state index contributed by atoms with van der Waals surface area (Å²) in [5, 5.41) is 13.7. The lowest BCUT2D eigenvalue weighted by Crippen LogP contribution is -2.49. The van der Waals surface area contributed by atoms with E-state index in [4.69, 9.17) is 4.74 Å². The first-order valence-corrected chi connectivity index (χ1v) is 10.1. The summed E-state index contributed by atoms with van der Waals surface area (Å²) in [6, 6.07) is 12.6. The summed E-state index contributed by atoms with van der Waals surface area (Å²) in [6.07, 6.45) is 0. The summed E-state index contributed by atoms with van der Waals surface area (Å²) >= 11 is 0. The smallest absolute Gasteiger partial charge is 0.322 e. The molecule has 0 bridgehead atoms. The number of nitrogens with one attached hydrogen (secondary N) is 1. The van der Waals surface area contributed by atoms with E-state index in [-0.39, 0.29) is 17.5 Å². The van der Waals surface area contributed by atoms with Crippen LogP contribution in [0.4, 0.5) is 16.2 Å². The number of carbonyl (C=O) groups excluding carboxylic acids is 1. The molecule has 8 heteroatoms. The molecule has 2 amide bonds. The van der Waals surface area contributed by atoms with E-state index in [9.17, 15) is 14.9 Å². The predicted molar refractivity (Wildman–Crippen MR) is 116 cm³/mol. The topological polar surface area (TPSA) is 87.9 Å². The summed E-state index contributed by atoms with van der Waals surface area (Å²) in [7, 11) is 1.42. The maximum atomic E-state index is 12.6. The third kappa shape index (κ3) is 5.27. The monoisotopic (exact) mass is 412 g/mol. The van der Waals surface area contributed by atoms with Crippen LogP contribution in [0.15, 0.2) is 42.5 Å². The van der Waals surface area contributed by atoms with Gasteiger partial charge in [-0.25, -0.2) is 4.79 Å². The summed E-state index contributed by atoms with van der Waals surface area (Å²) in [4.78, 5) is 27.1. The van der Waals surface area contributed by atoms with Crippen molar-refractivity contribution in [2.24, 2.45) is 0 Å². The molecule has 1 fully saturated rings. The van der Waals surface area contributed by atoms with Crippen LogP contribution in [-0.2, 0) is 6.54 Å². The van der Waals surface area contributed by atoms with Gasteiger partial charge < -0.3 is 15.0 Å². The van der Waals surface area contributed by atoms with E-state index in [0.29, 0.717) is 24.7 Å². The van der Waals surface area contributed by atoms with Crippen LogP contribution in [0.1, 0.15) is 30.9 Å². The lowest BCUT2D eigenvalue weighted by Gasteiger charge is -2.34. The maximum absolute atomic E-state index is 12.6. The molecule has 160 valence electrons. The normalized spacial score (nSPS) is 14.6. The van der Waals surface area contributed by atoms with Gasteiger partial charge in [0.05, 0.1) is 23.8 Å². The van der Waals surface area contributed by atoms with Crippen LogP contribution in [0.2, 0.25) is 0 Å². The van der Waals surface area contributed by atoms with Crippen molar-refractivity contribution in [2.45, 2.75) is 26.3 Å².